The molecule has 0 spiro atoms. The van der Waals surface area contributed by atoms with Gasteiger partial charge < -0.3 is 5.32 Å². The van der Waals surface area contributed by atoms with Crippen LogP contribution in [0.25, 0.3) is 0 Å². The second-order valence-corrected chi connectivity index (χ2v) is 3.00. The Hall–Kier alpha value is -1.35. The molecular weight excluding hydrogens is 174 g/mol. The molecule has 0 aromatic heterocycles. The highest BCUT2D eigenvalue weighted by Crippen LogP contribution is 2.19. The van der Waals surface area contributed by atoms with Gasteiger partial charge in [0.1, 0.15) is 11.7 Å². The highest BCUT2D eigenvalue weighted by atomic mass is 35.5. The first kappa shape index (κ1) is 7.31. The van der Waals surface area contributed by atoms with E-state index in [4.69, 9.17) is 22.4 Å². The van der Waals surface area contributed by atoms with Gasteiger partial charge in [0.25, 0.3) is 0 Å². The van der Waals surface area contributed by atoms with Crippen molar-refractivity contribution >= 4 is 23.3 Å². The highest BCUT2D eigenvalue weighted by molar-refractivity contribution is 6.32. The molecule has 0 atom stereocenters. The van der Waals surface area contributed by atoms with E-state index in [0.29, 0.717) is 10.6 Å². The third-order valence-corrected chi connectivity index (χ3v) is 2.01. The van der Waals surface area contributed by atoms with Gasteiger partial charge in [-0.3, -0.25) is 10.8 Å². The van der Waals surface area contributed by atoms with E-state index >= 15 is 0 Å². The Morgan fingerprint density at radius 3 is 2.50 bits per heavy atom. The van der Waals surface area contributed by atoms with Crippen LogP contribution in [0, 0.1) is 10.8 Å². The zero-order chi connectivity index (χ0) is 8.72. The predicted octanol–water partition coefficient (Wildman–Crippen LogP) is 1.59. The number of hydrogen-bond donors (Lipinski definition) is 3. The van der Waals surface area contributed by atoms with Crippen molar-refractivity contribution in [3.8, 4) is 0 Å². The van der Waals surface area contributed by atoms with Gasteiger partial charge in [0.2, 0.25) is 0 Å². The fourth-order valence-corrected chi connectivity index (χ4v) is 1.37. The molecule has 3 N–H and O–H groups in total. The van der Waals surface area contributed by atoms with Crippen LogP contribution in [0.1, 0.15) is 11.1 Å². The number of nitrogens with one attached hydrogen (secondary N) is 3. The maximum atomic E-state index is 7.45. The predicted molar refractivity (Wildman–Crippen MR) is 48.2 cm³/mol. The molecule has 0 bridgehead atoms. The van der Waals surface area contributed by atoms with Gasteiger partial charge >= 0.3 is 0 Å². The summed E-state index contributed by atoms with van der Waals surface area (Å²) in [6.07, 6.45) is 0. The van der Waals surface area contributed by atoms with E-state index in [1.165, 1.54) is 0 Å². The molecule has 0 saturated carbocycles. The van der Waals surface area contributed by atoms with Gasteiger partial charge in [-0.2, -0.15) is 0 Å². The lowest BCUT2D eigenvalue weighted by atomic mass is 10.1. The number of rotatable bonds is 0. The molecule has 0 amide bonds. The molecule has 0 radical (unpaired) electrons. The minimum atomic E-state index is 0.248. The minimum absolute atomic E-state index is 0.248. The summed E-state index contributed by atoms with van der Waals surface area (Å²) in [5, 5.41) is 18.1. The van der Waals surface area contributed by atoms with Crippen LogP contribution in [0.2, 0.25) is 5.02 Å². The van der Waals surface area contributed by atoms with Crippen LogP contribution >= 0.6 is 11.6 Å². The first-order chi connectivity index (χ1) is 5.68. The fourth-order valence-electron chi connectivity index (χ4n) is 1.20. The molecule has 1 aromatic rings. The van der Waals surface area contributed by atoms with Crippen molar-refractivity contribution in [2.24, 2.45) is 0 Å². The van der Waals surface area contributed by atoms with Crippen LogP contribution in [0.3, 0.4) is 0 Å². The van der Waals surface area contributed by atoms with Crippen LogP contribution in [0.4, 0.5) is 0 Å². The first-order valence-corrected chi connectivity index (χ1v) is 3.80. The molecule has 0 aliphatic carbocycles. The van der Waals surface area contributed by atoms with E-state index in [-0.39, 0.29) is 11.7 Å². The summed E-state index contributed by atoms with van der Waals surface area (Å²) in [6.45, 7) is 0. The van der Waals surface area contributed by atoms with Crippen LogP contribution in [0.5, 0.6) is 0 Å². The molecule has 0 saturated heterocycles. The Labute approximate surface area is 74.4 Å². The van der Waals surface area contributed by atoms with Gasteiger partial charge in [0.05, 0.1) is 0 Å². The first-order valence-electron chi connectivity index (χ1n) is 3.43. The number of fused-ring (bicyclic) bond motifs is 1. The average molecular weight is 180 g/mol. The summed E-state index contributed by atoms with van der Waals surface area (Å²) in [5.41, 5.74) is 1.44. The van der Waals surface area contributed by atoms with Crippen molar-refractivity contribution in [2.75, 3.05) is 0 Å². The van der Waals surface area contributed by atoms with Crippen LogP contribution in [-0.2, 0) is 0 Å². The monoisotopic (exact) mass is 179 g/mol. The summed E-state index contributed by atoms with van der Waals surface area (Å²) in [6, 6.07) is 5.15. The molecule has 2 rings (SSSR count). The minimum Gasteiger partial charge on any atom is -0.325 e. The summed E-state index contributed by atoms with van der Waals surface area (Å²) in [7, 11) is 0. The fraction of sp³-hybridized carbons (Fsp3) is 0. The van der Waals surface area contributed by atoms with Crippen molar-refractivity contribution < 1.29 is 0 Å². The van der Waals surface area contributed by atoms with Gasteiger partial charge in [-0.15, -0.1) is 0 Å². The molecule has 1 aliphatic rings. The van der Waals surface area contributed by atoms with Crippen LogP contribution < -0.4 is 5.32 Å². The molecule has 4 heteroatoms. The Balaban J connectivity index is 2.68. The average Bonchev–Trinajstić information content (AvgIpc) is 2.28. The van der Waals surface area contributed by atoms with Gasteiger partial charge in [-0.1, -0.05) is 11.6 Å². The lowest BCUT2D eigenvalue weighted by Gasteiger charge is -1.95. The molecule has 1 aromatic carbocycles. The number of hydrogen-bond acceptors (Lipinski definition) is 2. The summed E-state index contributed by atoms with van der Waals surface area (Å²) in [5.74, 6) is 0.518. The van der Waals surface area contributed by atoms with Crippen LogP contribution in [-0.4, -0.2) is 11.7 Å². The van der Waals surface area contributed by atoms with Crippen molar-refractivity contribution in [3.63, 3.8) is 0 Å². The number of benzene rings is 1. The van der Waals surface area contributed by atoms with Gasteiger partial charge in [-0.05, 0) is 18.2 Å². The Morgan fingerprint density at radius 1 is 1.08 bits per heavy atom. The summed E-state index contributed by atoms with van der Waals surface area (Å²) < 4.78 is 0. The maximum Gasteiger partial charge on any atom is 0.131 e. The number of halogens is 1. The third-order valence-electron chi connectivity index (χ3n) is 1.77. The van der Waals surface area contributed by atoms with E-state index in [9.17, 15) is 0 Å². The molecule has 12 heavy (non-hydrogen) atoms. The maximum absolute atomic E-state index is 7.45. The zero-order valence-electron chi connectivity index (χ0n) is 6.11. The lowest BCUT2D eigenvalue weighted by molar-refractivity contribution is 1.29. The summed E-state index contributed by atoms with van der Waals surface area (Å²) in [4.78, 5) is 0. The molecule has 1 aliphatic heterocycles. The molecule has 60 valence electrons. The second kappa shape index (κ2) is 2.32. The second-order valence-electron chi connectivity index (χ2n) is 2.56. The Bertz CT molecular complexity index is 384. The van der Waals surface area contributed by atoms with Gasteiger partial charge in [0, 0.05) is 16.1 Å². The van der Waals surface area contributed by atoms with Crippen molar-refractivity contribution in [1.82, 2.24) is 5.32 Å². The lowest BCUT2D eigenvalue weighted by Crippen LogP contribution is -2.19. The largest absolute Gasteiger partial charge is 0.325 e. The molecular formula is C8H6ClN3. The van der Waals surface area contributed by atoms with E-state index < -0.39 is 0 Å². The Morgan fingerprint density at radius 2 is 1.75 bits per heavy atom. The molecule has 0 fully saturated rings. The molecule has 1 heterocycles. The van der Waals surface area contributed by atoms with Gasteiger partial charge in [0.15, 0.2) is 0 Å². The van der Waals surface area contributed by atoms with E-state index in [1.807, 2.05) is 0 Å². The topological polar surface area (TPSA) is 59.7 Å². The zero-order valence-corrected chi connectivity index (χ0v) is 6.87. The summed E-state index contributed by atoms with van der Waals surface area (Å²) >= 11 is 5.74. The van der Waals surface area contributed by atoms with Gasteiger partial charge in [-0.25, -0.2) is 0 Å². The van der Waals surface area contributed by atoms with Crippen LogP contribution in [0.15, 0.2) is 18.2 Å². The van der Waals surface area contributed by atoms with E-state index in [1.54, 1.807) is 18.2 Å². The molecule has 3 nitrogen and oxygen atoms in total. The smallest absolute Gasteiger partial charge is 0.131 e. The van der Waals surface area contributed by atoms with Crippen molar-refractivity contribution in [3.05, 3.63) is 34.3 Å². The Kier molecular flexibility index (Phi) is 1.41. The standard InChI is InChI=1S/C8H6ClN3/c9-4-1-2-5-6(3-4)8(11)12-7(5)10/h1-3H,(H3,10,11,12). The highest BCUT2D eigenvalue weighted by Gasteiger charge is 2.20. The van der Waals surface area contributed by atoms with Crippen molar-refractivity contribution in [2.45, 2.75) is 0 Å². The van der Waals surface area contributed by atoms with E-state index in [0.717, 1.165) is 5.56 Å². The SMILES string of the molecule is N=C1NC(=N)c2cc(Cl)ccc21. The normalized spacial score (nSPS) is 14.4. The number of amidine groups is 2. The molecule has 0 unspecified atom stereocenters. The third kappa shape index (κ3) is 0.905. The quantitative estimate of drug-likeness (QED) is 0.557. The van der Waals surface area contributed by atoms with E-state index in [2.05, 4.69) is 5.32 Å². The van der Waals surface area contributed by atoms with Crippen molar-refractivity contribution in [1.29, 1.82) is 10.8 Å².